The lowest BCUT2D eigenvalue weighted by molar-refractivity contribution is 0.303. The van der Waals surface area contributed by atoms with Crippen LogP contribution in [-0.4, -0.2) is 20.4 Å². The predicted molar refractivity (Wildman–Crippen MR) is 111 cm³/mol. The number of aromatic nitrogens is 4. The highest BCUT2D eigenvalue weighted by Gasteiger charge is 1.99. The van der Waals surface area contributed by atoms with Gasteiger partial charge in [0.1, 0.15) is 36.3 Å². The molecule has 2 aromatic carbocycles. The van der Waals surface area contributed by atoms with Gasteiger partial charge in [-0.05, 0) is 35.4 Å². The monoisotopic (exact) mass is 440 g/mol. The molecule has 0 saturated heterocycles. The van der Waals surface area contributed by atoms with Crippen molar-refractivity contribution < 1.29 is 18.3 Å². The van der Waals surface area contributed by atoms with Crippen LogP contribution in [-0.2, 0) is 13.2 Å². The first kappa shape index (κ1) is 22.3. The molecule has 10 heteroatoms. The van der Waals surface area contributed by atoms with Crippen molar-refractivity contribution in [3.8, 4) is 11.5 Å². The third kappa shape index (κ3) is 7.48. The third-order valence-corrected chi connectivity index (χ3v) is 3.92. The van der Waals surface area contributed by atoms with Crippen LogP contribution < -0.4 is 20.6 Å². The summed E-state index contributed by atoms with van der Waals surface area (Å²) in [4.78, 5) is 21.8. The van der Waals surface area contributed by atoms with Crippen molar-refractivity contribution in [3.63, 3.8) is 0 Å². The van der Waals surface area contributed by atoms with Crippen LogP contribution in [0.4, 0.5) is 8.78 Å². The summed E-state index contributed by atoms with van der Waals surface area (Å²) in [5.74, 6) is 0.185. The maximum absolute atomic E-state index is 12.6. The largest absolute Gasteiger partial charge is 0.487 e. The van der Waals surface area contributed by atoms with E-state index >= 15 is 0 Å². The fraction of sp³-hybridized carbons (Fsp3) is 0.0909. The Hall–Kier alpha value is -4.34. The van der Waals surface area contributed by atoms with E-state index in [-0.39, 0.29) is 36.0 Å². The first-order valence-corrected chi connectivity index (χ1v) is 9.32. The summed E-state index contributed by atoms with van der Waals surface area (Å²) in [6.45, 7) is 0.539. The van der Waals surface area contributed by atoms with Gasteiger partial charge in [0.15, 0.2) is 0 Å². The Morgan fingerprint density at radius 2 is 1.03 bits per heavy atom. The van der Waals surface area contributed by atoms with Gasteiger partial charge >= 0.3 is 0 Å². The van der Waals surface area contributed by atoms with E-state index in [4.69, 9.17) is 9.47 Å². The van der Waals surface area contributed by atoms with Gasteiger partial charge in [-0.1, -0.05) is 24.3 Å². The Labute approximate surface area is 180 Å². The van der Waals surface area contributed by atoms with E-state index < -0.39 is 0 Å². The van der Waals surface area contributed by atoms with Gasteiger partial charge < -0.3 is 9.47 Å². The fourth-order valence-electron chi connectivity index (χ4n) is 2.37. The molecule has 2 heterocycles. The molecule has 4 rings (SSSR count). The minimum absolute atomic E-state index is 0.269. The van der Waals surface area contributed by atoms with Crippen molar-refractivity contribution in [1.82, 2.24) is 20.4 Å². The van der Waals surface area contributed by atoms with E-state index in [1.54, 1.807) is 24.3 Å². The SMILES string of the molecule is O=c1cc(OCc2ccc(F)cc2)cn[nH]1.O=c1cc(OCc2ccc(F)cc2)cn[nH]1. The van der Waals surface area contributed by atoms with Gasteiger partial charge in [0.2, 0.25) is 0 Å². The van der Waals surface area contributed by atoms with E-state index in [1.807, 2.05) is 0 Å². The maximum Gasteiger partial charge on any atom is 0.267 e. The zero-order chi connectivity index (χ0) is 22.8. The van der Waals surface area contributed by atoms with Crippen LogP contribution in [0.1, 0.15) is 11.1 Å². The van der Waals surface area contributed by atoms with Gasteiger partial charge in [-0.25, -0.2) is 19.0 Å². The molecule has 0 amide bonds. The lowest BCUT2D eigenvalue weighted by atomic mass is 10.2. The van der Waals surface area contributed by atoms with Gasteiger partial charge in [-0.15, -0.1) is 0 Å². The molecule has 2 aromatic heterocycles. The van der Waals surface area contributed by atoms with E-state index in [9.17, 15) is 18.4 Å². The zero-order valence-electron chi connectivity index (χ0n) is 16.6. The summed E-state index contributed by atoms with van der Waals surface area (Å²) >= 11 is 0. The molecule has 0 aliphatic rings. The number of aromatic amines is 2. The molecule has 0 radical (unpaired) electrons. The molecule has 4 aromatic rings. The number of hydrogen-bond acceptors (Lipinski definition) is 6. The van der Waals surface area contributed by atoms with Crippen LogP contribution in [0.2, 0.25) is 0 Å². The van der Waals surface area contributed by atoms with Crippen LogP contribution in [0, 0.1) is 11.6 Å². The lowest BCUT2D eigenvalue weighted by Gasteiger charge is -2.04. The molecule has 0 atom stereocenters. The molecule has 8 nitrogen and oxygen atoms in total. The third-order valence-electron chi connectivity index (χ3n) is 3.92. The van der Waals surface area contributed by atoms with Gasteiger partial charge in [0.25, 0.3) is 11.1 Å². The fourth-order valence-corrected chi connectivity index (χ4v) is 2.37. The van der Waals surface area contributed by atoms with Crippen molar-refractivity contribution in [3.05, 3.63) is 117 Å². The molecule has 2 N–H and O–H groups in total. The molecule has 0 aliphatic heterocycles. The summed E-state index contributed by atoms with van der Waals surface area (Å²) in [5, 5.41) is 11.7. The number of hydrogen-bond donors (Lipinski definition) is 2. The second kappa shape index (κ2) is 11.2. The molecule has 0 aliphatic carbocycles. The van der Waals surface area contributed by atoms with E-state index in [0.29, 0.717) is 11.5 Å². The highest BCUT2D eigenvalue weighted by Crippen LogP contribution is 2.10. The molecular formula is C22H18F2N4O4. The number of H-pyrrole nitrogens is 2. The highest BCUT2D eigenvalue weighted by atomic mass is 19.1. The standard InChI is InChI=1S/2C11H9FN2O2/c2*12-9-3-1-8(2-4-9)7-16-10-5-11(15)14-13-6-10/h2*1-6H,7H2,(H,14,15). The van der Waals surface area contributed by atoms with E-state index in [1.165, 1.54) is 48.8 Å². The quantitative estimate of drug-likeness (QED) is 0.477. The first-order valence-electron chi connectivity index (χ1n) is 9.32. The maximum atomic E-state index is 12.6. The van der Waals surface area contributed by atoms with Crippen molar-refractivity contribution in [1.29, 1.82) is 0 Å². The number of ether oxygens (including phenoxy) is 2. The Balaban J connectivity index is 0.000000181. The number of halogens is 2. The molecule has 164 valence electrons. The Kier molecular flexibility index (Phi) is 7.79. The van der Waals surface area contributed by atoms with Crippen molar-refractivity contribution in [2.75, 3.05) is 0 Å². The summed E-state index contributed by atoms with van der Waals surface area (Å²) in [5.41, 5.74) is 0.997. The number of benzene rings is 2. The Morgan fingerprint density at radius 1 is 0.656 bits per heavy atom. The summed E-state index contributed by atoms with van der Waals surface area (Å²) in [6.07, 6.45) is 2.82. The van der Waals surface area contributed by atoms with Crippen LogP contribution in [0.3, 0.4) is 0 Å². The Bertz CT molecular complexity index is 1140. The first-order chi connectivity index (χ1) is 15.5. The van der Waals surface area contributed by atoms with Crippen LogP contribution in [0.15, 0.2) is 82.6 Å². The van der Waals surface area contributed by atoms with E-state index in [0.717, 1.165) is 11.1 Å². The normalized spacial score (nSPS) is 10.1. The van der Waals surface area contributed by atoms with Crippen molar-refractivity contribution >= 4 is 0 Å². The number of rotatable bonds is 6. The average molecular weight is 440 g/mol. The lowest BCUT2D eigenvalue weighted by Crippen LogP contribution is -2.07. The molecule has 0 saturated carbocycles. The van der Waals surface area contributed by atoms with Gasteiger partial charge in [-0.3, -0.25) is 9.59 Å². The molecule has 0 fully saturated rings. The molecule has 0 spiro atoms. The van der Waals surface area contributed by atoms with Gasteiger partial charge in [0.05, 0.1) is 12.4 Å². The summed E-state index contributed by atoms with van der Waals surface area (Å²) in [6, 6.07) is 14.5. The molecular weight excluding hydrogens is 422 g/mol. The minimum atomic E-state index is -0.323. The predicted octanol–water partition coefficient (Wildman–Crippen LogP) is 2.98. The second-order valence-corrected chi connectivity index (χ2v) is 6.39. The molecule has 0 unspecified atom stereocenters. The highest BCUT2D eigenvalue weighted by molar-refractivity contribution is 5.19. The van der Waals surface area contributed by atoms with E-state index in [2.05, 4.69) is 20.4 Å². The zero-order valence-corrected chi connectivity index (χ0v) is 16.6. The molecule has 32 heavy (non-hydrogen) atoms. The number of nitrogens with one attached hydrogen (secondary N) is 2. The van der Waals surface area contributed by atoms with Gasteiger partial charge in [0, 0.05) is 12.1 Å². The average Bonchev–Trinajstić information content (AvgIpc) is 2.79. The minimum Gasteiger partial charge on any atom is -0.487 e. The van der Waals surface area contributed by atoms with Crippen LogP contribution >= 0.6 is 0 Å². The van der Waals surface area contributed by atoms with Crippen molar-refractivity contribution in [2.24, 2.45) is 0 Å². The molecule has 0 bridgehead atoms. The van der Waals surface area contributed by atoms with Crippen molar-refractivity contribution in [2.45, 2.75) is 13.2 Å². The van der Waals surface area contributed by atoms with Crippen LogP contribution in [0.5, 0.6) is 11.5 Å². The number of nitrogens with zero attached hydrogens (tertiary/aromatic N) is 2. The summed E-state index contributed by atoms with van der Waals surface area (Å²) < 4.78 is 35.8. The Morgan fingerprint density at radius 3 is 1.38 bits per heavy atom. The van der Waals surface area contributed by atoms with Crippen LogP contribution in [0.25, 0.3) is 0 Å². The topological polar surface area (TPSA) is 110 Å². The summed E-state index contributed by atoms with van der Waals surface area (Å²) in [7, 11) is 0. The second-order valence-electron chi connectivity index (χ2n) is 6.39. The van der Waals surface area contributed by atoms with Gasteiger partial charge in [-0.2, -0.15) is 10.2 Å². The smallest absolute Gasteiger partial charge is 0.267 e.